The van der Waals surface area contributed by atoms with E-state index >= 15 is 0 Å². The van der Waals surface area contributed by atoms with E-state index in [1.165, 1.54) is 16.9 Å². The molecule has 0 aliphatic rings. The van der Waals surface area contributed by atoms with E-state index in [4.69, 9.17) is 4.98 Å². The van der Waals surface area contributed by atoms with Crippen LogP contribution < -0.4 is 0 Å². The highest BCUT2D eigenvalue weighted by Crippen LogP contribution is 2.36. The van der Waals surface area contributed by atoms with Gasteiger partial charge in [-0.15, -0.1) is 11.3 Å². The van der Waals surface area contributed by atoms with Crippen molar-refractivity contribution in [2.45, 2.75) is 20.3 Å². The summed E-state index contributed by atoms with van der Waals surface area (Å²) in [7, 11) is 0. The molecule has 0 radical (unpaired) electrons. The van der Waals surface area contributed by atoms with Gasteiger partial charge in [-0.2, -0.15) is 0 Å². The molecule has 0 aliphatic heterocycles. The number of hydrogen-bond acceptors (Lipinski definition) is 3. The molecule has 0 saturated heterocycles. The van der Waals surface area contributed by atoms with Crippen molar-refractivity contribution in [3.05, 3.63) is 70.7 Å². The number of aromatic nitrogens is 2. The highest BCUT2D eigenvalue weighted by atomic mass is 32.1. The van der Waals surface area contributed by atoms with Gasteiger partial charge in [0.25, 0.3) is 0 Å². The van der Waals surface area contributed by atoms with Gasteiger partial charge in [0.2, 0.25) is 0 Å². The molecule has 0 unspecified atom stereocenters. The zero-order chi connectivity index (χ0) is 18.3. The maximum atomic E-state index is 11.3. The average molecular weight is 362 g/mol. The maximum Gasteiger partial charge on any atom is 0.308 e. The minimum Gasteiger partial charge on any atom is -0.481 e. The Balaban J connectivity index is 1.96. The fourth-order valence-electron chi connectivity index (χ4n) is 3.22. The van der Waals surface area contributed by atoms with Crippen LogP contribution in [-0.2, 0) is 11.2 Å². The Hall–Kier alpha value is -2.92. The van der Waals surface area contributed by atoms with Gasteiger partial charge in [-0.1, -0.05) is 60.2 Å². The van der Waals surface area contributed by atoms with Crippen LogP contribution in [-0.4, -0.2) is 20.5 Å². The molecule has 4 nitrogen and oxygen atoms in total. The number of hydrogen-bond donors (Lipinski definition) is 1. The third-order valence-corrected chi connectivity index (χ3v) is 5.50. The molecular weight excluding hydrogens is 344 g/mol. The standard InChI is InChI=1S/C21H18N2O2S/c1-13-8-10-15(11-9-13)19-14(2)23-20(16-6-4-3-5-7-16)17(12-18(24)25)26-21(23)22-19/h3-11H,12H2,1-2H3,(H,24,25). The molecule has 0 bridgehead atoms. The second kappa shape index (κ2) is 6.42. The van der Waals surface area contributed by atoms with E-state index in [9.17, 15) is 9.90 Å². The van der Waals surface area contributed by atoms with E-state index in [-0.39, 0.29) is 6.42 Å². The van der Waals surface area contributed by atoms with Crippen LogP contribution in [0.3, 0.4) is 0 Å². The van der Waals surface area contributed by atoms with Crippen molar-refractivity contribution >= 4 is 22.3 Å². The summed E-state index contributed by atoms with van der Waals surface area (Å²) in [6, 6.07) is 18.2. The predicted molar refractivity (Wildman–Crippen MR) is 105 cm³/mol. The summed E-state index contributed by atoms with van der Waals surface area (Å²) in [6.45, 7) is 4.10. The van der Waals surface area contributed by atoms with Crippen LogP contribution in [0.5, 0.6) is 0 Å². The van der Waals surface area contributed by atoms with Gasteiger partial charge in [-0.05, 0) is 19.4 Å². The van der Waals surface area contributed by atoms with Crippen LogP contribution in [0, 0.1) is 13.8 Å². The van der Waals surface area contributed by atoms with Crippen LogP contribution in [0.1, 0.15) is 16.1 Å². The number of carbonyl (C=O) groups is 1. The minimum absolute atomic E-state index is 0.00242. The Kier molecular flexibility index (Phi) is 4.09. The van der Waals surface area contributed by atoms with Crippen LogP contribution in [0.15, 0.2) is 54.6 Å². The summed E-state index contributed by atoms with van der Waals surface area (Å²) in [5.41, 5.74) is 6.18. The van der Waals surface area contributed by atoms with Crippen LogP contribution >= 0.6 is 11.3 Å². The number of carboxylic acids is 1. The van der Waals surface area contributed by atoms with Crippen LogP contribution in [0.2, 0.25) is 0 Å². The number of nitrogens with zero attached hydrogens (tertiary/aromatic N) is 2. The highest BCUT2D eigenvalue weighted by Gasteiger charge is 2.21. The molecule has 4 rings (SSSR count). The summed E-state index contributed by atoms with van der Waals surface area (Å²) in [5.74, 6) is -0.830. The number of imidazole rings is 1. The Morgan fingerprint density at radius 2 is 1.73 bits per heavy atom. The lowest BCUT2D eigenvalue weighted by Gasteiger charge is -2.06. The number of aryl methyl sites for hydroxylation is 2. The molecule has 0 aliphatic carbocycles. The first-order valence-corrected chi connectivity index (χ1v) is 9.21. The number of carboxylic acid groups (broad SMARTS) is 1. The molecule has 0 saturated carbocycles. The monoisotopic (exact) mass is 362 g/mol. The van der Waals surface area contributed by atoms with Crippen molar-refractivity contribution in [1.82, 2.24) is 9.38 Å². The van der Waals surface area contributed by atoms with Gasteiger partial charge >= 0.3 is 5.97 Å². The van der Waals surface area contributed by atoms with E-state index in [1.807, 2.05) is 37.3 Å². The van der Waals surface area contributed by atoms with E-state index in [2.05, 4.69) is 35.6 Å². The van der Waals surface area contributed by atoms with Gasteiger partial charge in [0, 0.05) is 16.1 Å². The van der Waals surface area contributed by atoms with Gasteiger partial charge in [0.05, 0.1) is 17.8 Å². The predicted octanol–water partition coefficient (Wildman–Crippen LogP) is 4.97. The molecule has 130 valence electrons. The highest BCUT2D eigenvalue weighted by molar-refractivity contribution is 7.17. The summed E-state index contributed by atoms with van der Waals surface area (Å²) in [5, 5.41) is 9.31. The molecule has 0 fully saturated rings. The van der Waals surface area contributed by atoms with Crippen molar-refractivity contribution in [2.24, 2.45) is 0 Å². The molecule has 26 heavy (non-hydrogen) atoms. The molecule has 2 heterocycles. The molecule has 0 amide bonds. The fraction of sp³-hybridized carbons (Fsp3) is 0.143. The fourth-order valence-corrected chi connectivity index (χ4v) is 4.40. The second-order valence-electron chi connectivity index (χ2n) is 6.34. The van der Waals surface area contributed by atoms with Crippen LogP contribution in [0.25, 0.3) is 27.5 Å². The summed E-state index contributed by atoms with van der Waals surface area (Å²) in [6.07, 6.45) is -0.00242. The van der Waals surface area contributed by atoms with E-state index < -0.39 is 5.97 Å². The zero-order valence-corrected chi connectivity index (χ0v) is 15.4. The second-order valence-corrected chi connectivity index (χ2v) is 7.40. The summed E-state index contributed by atoms with van der Waals surface area (Å²) in [4.78, 5) is 17.8. The SMILES string of the molecule is Cc1ccc(-c2nc3sc(CC(=O)O)c(-c4ccccc4)n3c2C)cc1. The van der Waals surface area contributed by atoms with E-state index in [1.54, 1.807) is 0 Å². The van der Waals surface area contributed by atoms with Crippen molar-refractivity contribution < 1.29 is 9.90 Å². The molecule has 0 spiro atoms. The average Bonchev–Trinajstić information content (AvgIpc) is 3.12. The van der Waals surface area contributed by atoms with Crippen molar-refractivity contribution in [3.8, 4) is 22.5 Å². The topological polar surface area (TPSA) is 54.6 Å². The van der Waals surface area contributed by atoms with Gasteiger partial charge in [-0.25, -0.2) is 4.98 Å². The minimum atomic E-state index is -0.830. The van der Waals surface area contributed by atoms with Gasteiger partial charge in [-0.3, -0.25) is 9.20 Å². The Labute approximate surface area is 155 Å². The number of thiazole rings is 1. The molecule has 0 atom stereocenters. The molecule has 5 heteroatoms. The number of fused-ring (bicyclic) bond motifs is 1. The lowest BCUT2D eigenvalue weighted by molar-refractivity contribution is -0.136. The summed E-state index contributed by atoms with van der Waals surface area (Å²) < 4.78 is 2.09. The largest absolute Gasteiger partial charge is 0.481 e. The van der Waals surface area contributed by atoms with E-state index in [0.29, 0.717) is 0 Å². The number of rotatable bonds is 4. The summed E-state index contributed by atoms with van der Waals surface area (Å²) >= 11 is 1.45. The van der Waals surface area contributed by atoms with Gasteiger partial charge in [0.1, 0.15) is 0 Å². The molecule has 1 N–H and O–H groups in total. The molecule has 2 aromatic carbocycles. The van der Waals surface area contributed by atoms with Crippen LogP contribution in [0.4, 0.5) is 0 Å². The third kappa shape index (κ3) is 2.80. The number of aliphatic carboxylic acids is 1. The molecule has 4 aromatic rings. The van der Waals surface area contributed by atoms with Gasteiger partial charge < -0.3 is 5.11 Å². The zero-order valence-electron chi connectivity index (χ0n) is 14.6. The smallest absolute Gasteiger partial charge is 0.308 e. The molecule has 2 aromatic heterocycles. The maximum absolute atomic E-state index is 11.3. The lowest BCUT2D eigenvalue weighted by atomic mass is 10.1. The Morgan fingerprint density at radius 1 is 1.04 bits per heavy atom. The normalized spacial score (nSPS) is 11.2. The Bertz CT molecular complexity index is 1090. The van der Waals surface area contributed by atoms with Crippen molar-refractivity contribution in [3.63, 3.8) is 0 Å². The Morgan fingerprint density at radius 3 is 2.38 bits per heavy atom. The third-order valence-electron chi connectivity index (χ3n) is 4.46. The van der Waals surface area contributed by atoms with E-state index in [0.717, 1.165) is 38.0 Å². The first-order chi connectivity index (χ1) is 12.5. The first kappa shape index (κ1) is 16.5. The lowest BCUT2D eigenvalue weighted by Crippen LogP contribution is -2.01. The van der Waals surface area contributed by atoms with Crippen molar-refractivity contribution in [1.29, 1.82) is 0 Å². The van der Waals surface area contributed by atoms with Crippen molar-refractivity contribution in [2.75, 3.05) is 0 Å². The first-order valence-electron chi connectivity index (χ1n) is 8.39. The quantitative estimate of drug-likeness (QED) is 0.557. The molecular formula is C21H18N2O2S. The number of benzene rings is 2. The van der Waals surface area contributed by atoms with Gasteiger partial charge in [0.15, 0.2) is 4.96 Å².